The maximum Gasteiger partial charge on any atom is 0.345 e. The molecule has 1 aromatic carbocycles. The summed E-state index contributed by atoms with van der Waals surface area (Å²) in [6.07, 6.45) is 4.49. The maximum absolute atomic E-state index is 12.0. The molecule has 0 fully saturated rings. The lowest BCUT2D eigenvalue weighted by molar-refractivity contribution is 0.0591. The van der Waals surface area contributed by atoms with E-state index in [2.05, 4.69) is 14.2 Å². The van der Waals surface area contributed by atoms with E-state index in [1.54, 1.807) is 10.9 Å². The molecule has 0 amide bonds. The Morgan fingerprint density at radius 3 is 2.77 bits per heavy atom. The minimum absolute atomic E-state index is 0.0632. The first-order chi connectivity index (χ1) is 12.4. The molecule has 136 valence electrons. The smallest absolute Gasteiger partial charge is 0.345 e. The Bertz CT molecular complexity index is 1030. The Kier molecular flexibility index (Phi) is 5.05. The summed E-state index contributed by atoms with van der Waals surface area (Å²) in [7, 11) is -2.45. The van der Waals surface area contributed by atoms with Crippen molar-refractivity contribution in [2.45, 2.75) is 10.8 Å². The van der Waals surface area contributed by atoms with E-state index < -0.39 is 15.8 Å². The van der Waals surface area contributed by atoms with Crippen molar-refractivity contribution in [2.75, 3.05) is 13.4 Å². The lowest BCUT2D eigenvalue weighted by atomic mass is 10.2. The highest BCUT2D eigenvalue weighted by Gasteiger charge is 2.29. The topological polar surface area (TPSA) is 100 Å². The molecule has 0 spiro atoms. The van der Waals surface area contributed by atoms with Gasteiger partial charge < -0.3 is 9.47 Å². The van der Waals surface area contributed by atoms with Gasteiger partial charge in [-0.15, -0.1) is 0 Å². The van der Waals surface area contributed by atoms with E-state index in [0.29, 0.717) is 11.5 Å². The molecule has 3 aromatic rings. The molecule has 10 heteroatoms. The van der Waals surface area contributed by atoms with Crippen molar-refractivity contribution in [1.82, 2.24) is 14.2 Å². The van der Waals surface area contributed by atoms with E-state index in [9.17, 15) is 13.2 Å². The summed E-state index contributed by atoms with van der Waals surface area (Å²) < 4.78 is 39.4. The van der Waals surface area contributed by atoms with Crippen LogP contribution in [0.25, 0.3) is 5.69 Å². The number of nitrogens with zero attached hydrogens (tertiary/aromatic N) is 3. The Morgan fingerprint density at radius 2 is 2.12 bits per heavy atom. The number of sulfone groups is 1. The molecule has 0 radical (unpaired) electrons. The van der Waals surface area contributed by atoms with Gasteiger partial charge in [0, 0.05) is 18.6 Å². The van der Waals surface area contributed by atoms with E-state index in [4.69, 9.17) is 4.74 Å². The maximum atomic E-state index is 12.0. The highest BCUT2D eigenvalue weighted by atomic mass is 32.2. The Labute approximate surface area is 154 Å². The predicted octanol–water partition coefficient (Wildman–Crippen LogP) is 2.10. The van der Waals surface area contributed by atoms with Crippen LogP contribution in [0.2, 0.25) is 0 Å². The lowest BCUT2D eigenvalue weighted by Crippen LogP contribution is -2.09. The highest BCUT2D eigenvalue weighted by molar-refractivity contribution is 7.92. The van der Waals surface area contributed by atoms with Gasteiger partial charge in [0.1, 0.15) is 6.61 Å². The second-order valence-corrected chi connectivity index (χ2v) is 8.31. The number of benzene rings is 1. The van der Waals surface area contributed by atoms with Gasteiger partial charge in [-0.2, -0.15) is 9.47 Å². The molecule has 0 saturated carbocycles. The second-order valence-electron chi connectivity index (χ2n) is 5.32. The quantitative estimate of drug-likeness (QED) is 0.591. The molecular formula is C16H15N3O5S2. The number of carbonyl (C=O) groups is 1. The lowest BCUT2D eigenvalue weighted by Gasteiger charge is -2.08. The van der Waals surface area contributed by atoms with Crippen LogP contribution >= 0.6 is 11.5 Å². The molecule has 2 aromatic heterocycles. The van der Waals surface area contributed by atoms with Crippen molar-refractivity contribution in [2.24, 2.45) is 0 Å². The van der Waals surface area contributed by atoms with Crippen LogP contribution in [0.1, 0.15) is 15.9 Å². The van der Waals surface area contributed by atoms with Crippen LogP contribution < -0.4 is 4.74 Å². The largest absolute Gasteiger partial charge is 0.472 e. The van der Waals surface area contributed by atoms with Crippen molar-refractivity contribution >= 4 is 27.3 Å². The predicted molar refractivity (Wildman–Crippen MR) is 94.5 cm³/mol. The Balaban J connectivity index is 1.86. The van der Waals surface area contributed by atoms with Crippen LogP contribution in [0.4, 0.5) is 0 Å². The van der Waals surface area contributed by atoms with Gasteiger partial charge >= 0.3 is 5.97 Å². The van der Waals surface area contributed by atoms with Gasteiger partial charge in [0.05, 0.1) is 12.8 Å². The van der Waals surface area contributed by atoms with Crippen molar-refractivity contribution in [1.29, 1.82) is 0 Å². The normalized spacial score (nSPS) is 11.3. The minimum atomic E-state index is -3.62. The van der Waals surface area contributed by atoms with Crippen LogP contribution in [0.3, 0.4) is 0 Å². The molecule has 0 aliphatic rings. The summed E-state index contributed by atoms with van der Waals surface area (Å²) in [5, 5.41) is 4.16. The van der Waals surface area contributed by atoms with Gasteiger partial charge in [0.25, 0.3) is 0 Å². The highest BCUT2D eigenvalue weighted by Crippen LogP contribution is 2.31. The number of carbonyl (C=O) groups excluding carboxylic acids is 1. The van der Waals surface area contributed by atoms with Gasteiger partial charge in [-0.1, -0.05) is 12.1 Å². The fraction of sp³-hybridized carbons (Fsp3) is 0.188. The average Bonchev–Trinajstić information content (AvgIpc) is 3.28. The molecule has 0 saturated heterocycles. The number of methoxy groups -OCH3 is 1. The fourth-order valence-electron chi connectivity index (χ4n) is 2.25. The summed E-state index contributed by atoms with van der Waals surface area (Å²) in [6.45, 7) is 0.103. The molecular weight excluding hydrogens is 378 g/mol. The minimum Gasteiger partial charge on any atom is -0.472 e. The molecule has 2 heterocycles. The number of hydrogen-bond acceptors (Lipinski definition) is 8. The standard InChI is InChI=1S/C16H15N3O5S2/c1-23-15(20)13-14(18-25-16(13)26(2,21)22)24-10-11-5-3-6-12(9-11)19-8-4-7-17-19/h3-9H,10H2,1-2H3. The molecule has 0 aliphatic carbocycles. The van der Waals surface area contributed by atoms with Gasteiger partial charge in [-0.25, -0.2) is 17.9 Å². The molecule has 8 nitrogen and oxygen atoms in total. The molecule has 26 heavy (non-hydrogen) atoms. The number of hydrogen-bond donors (Lipinski definition) is 0. The van der Waals surface area contributed by atoms with Gasteiger partial charge in [-0.3, -0.25) is 0 Å². The molecule has 0 aliphatic heterocycles. The number of rotatable bonds is 6. The molecule has 0 N–H and O–H groups in total. The zero-order valence-electron chi connectivity index (χ0n) is 13.9. The average molecular weight is 393 g/mol. The zero-order valence-corrected chi connectivity index (χ0v) is 15.6. The SMILES string of the molecule is COC(=O)c1c(OCc2cccc(-n3cccn3)c2)nsc1S(C)(=O)=O. The molecule has 3 rings (SSSR count). The zero-order chi connectivity index (χ0) is 18.7. The van der Waals surface area contributed by atoms with Crippen molar-refractivity contribution < 1.29 is 22.7 Å². The van der Waals surface area contributed by atoms with Crippen LogP contribution in [0, 0.1) is 0 Å². The van der Waals surface area contributed by atoms with E-state index >= 15 is 0 Å². The monoisotopic (exact) mass is 393 g/mol. The first kappa shape index (κ1) is 18.1. The molecule has 0 unspecified atom stereocenters. The number of ether oxygens (including phenoxy) is 2. The summed E-state index contributed by atoms with van der Waals surface area (Å²) in [6, 6.07) is 9.26. The summed E-state index contributed by atoms with van der Waals surface area (Å²) in [5.41, 5.74) is 1.48. The van der Waals surface area contributed by atoms with Gasteiger partial charge in [-0.05, 0) is 35.3 Å². The van der Waals surface area contributed by atoms with E-state index in [1.807, 2.05) is 36.5 Å². The van der Waals surface area contributed by atoms with Gasteiger partial charge in [0.15, 0.2) is 19.6 Å². The van der Waals surface area contributed by atoms with Crippen LogP contribution in [-0.2, 0) is 21.2 Å². The Hall–Kier alpha value is -2.72. The third-order valence-electron chi connectivity index (χ3n) is 3.41. The third-order valence-corrected chi connectivity index (χ3v) is 6.05. The van der Waals surface area contributed by atoms with Crippen LogP contribution in [-0.4, -0.2) is 41.9 Å². The van der Waals surface area contributed by atoms with Crippen LogP contribution in [0.15, 0.2) is 46.9 Å². The summed E-state index contributed by atoms with van der Waals surface area (Å²) in [5.74, 6) is -0.869. The number of esters is 1. The first-order valence-corrected chi connectivity index (χ1v) is 10.1. The number of aromatic nitrogens is 3. The van der Waals surface area contributed by atoms with Crippen molar-refractivity contribution in [3.05, 3.63) is 53.9 Å². The summed E-state index contributed by atoms with van der Waals surface area (Å²) in [4.78, 5) is 12.0. The third kappa shape index (κ3) is 3.75. The van der Waals surface area contributed by atoms with E-state index in [-0.39, 0.29) is 22.3 Å². The van der Waals surface area contributed by atoms with Gasteiger partial charge in [0.2, 0.25) is 5.88 Å². The Morgan fingerprint density at radius 1 is 1.31 bits per heavy atom. The van der Waals surface area contributed by atoms with Crippen molar-refractivity contribution in [3.63, 3.8) is 0 Å². The summed E-state index contributed by atoms with van der Waals surface area (Å²) >= 11 is 0.685. The van der Waals surface area contributed by atoms with E-state index in [0.717, 1.165) is 17.5 Å². The molecule has 0 bridgehead atoms. The molecule has 0 atom stereocenters. The fourth-order valence-corrected chi connectivity index (χ4v) is 4.01. The first-order valence-electron chi connectivity index (χ1n) is 7.40. The van der Waals surface area contributed by atoms with E-state index in [1.165, 1.54) is 7.11 Å². The second kappa shape index (κ2) is 7.26. The van der Waals surface area contributed by atoms with Crippen LogP contribution in [0.5, 0.6) is 5.88 Å². The van der Waals surface area contributed by atoms with Crippen molar-refractivity contribution in [3.8, 4) is 11.6 Å².